The standard InChI is InChI=1S/C10H16N2O/c1-7-3-4-9(6-12-7)8(2)10(13)5-11/h3-4,6,8,10,13H,5,11H2,1-2H3. The summed E-state index contributed by atoms with van der Waals surface area (Å²) in [5.74, 6) is 0.0538. The lowest BCUT2D eigenvalue weighted by atomic mass is 9.97. The van der Waals surface area contributed by atoms with Crippen molar-refractivity contribution in [2.24, 2.45) is 5.73 Å². The fourth-order valence-corrected chi connectivity index (χ4v) is 1.17. The molecule has 0 saturated heterocycles. The third kappa shape index (κ3) is 2.50. The third-order valence-electron chi connectivity index (χ3n) is 2.28. The second-order valence-corrected chi connectivity index (χ2v) is 3.32. The molecular formula is C10H16N2O. The minimum Gasteiger partial charge on any atom is -0.391 e. The van der Waals surface area contributed by atoms with Crippen LogP contribution in [0.4, 0.5) is 0 Å². The monoisotopic (exact) mass is 180 g/mol. The second kappa shape index (κ2) is 4.35. The van der Waals surface area contributed by atoms with E-state index in [-0.39, 0.29) is 12.5 Å². The predicted molar refractivity (Wildman–Crippen MR) is 52.5 cm³/mol. The van der Waals surface area contributed by atoms with Crippen LogP contribution >= 0.6 is 0 Å². The Morgan fingerprint density at radius 1 is 1.54 bits per heavy atom. The van der Waals surface area contributed by atoms with Crippen molar-refractivity contribution in [1.29, 1.82) is 0 Å². The van der Waals surface area contributed by atoms with E-state index < -0.39 is 6.10 Å². The summed E-state index contributed by atoms with van der Waals surface area (Å²) >= 11 is 0. The van der Waals surface area contributed by atoms with Gasteiger partial charge in [0, 0.05) is 24.4 Å². The first kappa shape index (κ1) is 10.2. The van der Waals surface area contributed by atoms with Crippen molar-refractivity contribution < 1.29 is 5.11 Å². The van der Waals surface area contributed by atoms with Gasteiger partial charge in [-0.1, -0.05) is 13.0 Å². The molecule has 0 bridgehead atoms. The van der Waals surface area contributed by atoms with Crippen LogP contribution in [0.1, 0.15) is 24.1 Å². The molecule has 13 heavy (non-hydrogen) atoms. The maximum Gasteiger partial charge on any atom is 0.0728 e. The molecule has 0 amide bonds. The fourth-order valence-electron chi connectivity index (χ4n) is 1.17. The number of nitrogens with zero attached hydrogens (tertiary/aromatic N) is 1. The SMILES string of the molecule is Cc1ccc(C(C)C(O)CN)cn1. The van der Waals surface area contributed by atoms with Gasteiger partial charge in [0.25, 0.3) is 0 Å². The lowest BCUT2D eigenvalue weighted by Crippen LogP contribution is -2.25. The average Bonchev–Trinajstić information content (AvgIpc) is 2.17. The molecule has 0 aromatic carbocycles. The molecule has 3 N–H and O–H groups in total. The number of pyridine rings is 1. The molecule has 1 heterocycles. The number of aryl methyl sites for hydroxylation is 1. The largest absolute Gasteiger partial charge is 0.391 e. The Morgan fingerprint density at radius 2 is 2.23 bits per heavy atom. The van der Waals surface area contributed by atoms with Gasteiger partial charge in [0.2, 0.25) is 0 Å². The molecule has 0 aliphatic carbocycles. The highest BCUT2D eigenvalue weighted by molar-refractivity contribution is 5.18. The predicted octanol–water partition coefficient (Wildman–Crippen LogP) is 0.813. The Bertz CT molecular complexity index is 258. The van der Waals surface area contributed by atoms with Crippen LogP contribution < -0.4 is 5.73 Å². The van der Waals surface area contributed by atoms with Crippen molar-refractivity contribution in [2.75, 3.05) is 6.54 Å². The van der Waals surface area contributed by atoms with Gasteiger partial charge in [0.1, 0.15) is 0 Å². The summed E-state index contributed by atoms with van der Waals surface area (Å²) in [7, 11) is 0. The second-order valence-electron chi connectivity index (χ2n) is 3.32. The fraction of sp³-hybridized carbons (Fsp3) is 0.500. The number of aliphatic hydroxyl groups is 1. The molecule has 0 spiro atoms. The first-order valence-electron chi connectivity index (χ1n) is 4.46. The van der Waals surface area contributed by atoms with E-state index in [0.717, 1.165) is 11.3 Å². The van der Waals surface area contributed by atoms with Gasteiger partial charge < -0.3 is 10.8 Å². The van der Waals surface area contributed by atoms with Crippen molar-refractivity contribution in [2.45, 2.75) is 25.9 Å². The smallest absolute Gasteiger partial charge is 0.0728 e. The quantitative estimate of drug-likeness (QED) is 0.723. The van der Waals surface area contributed by atoms with Gasteiger partial charge in [-0.15, -0.1) is 0 Å². The van der Waals surface area contributed by atoms with Crippen LogP contribution in [0.2, 0.25) is 0 Å². The number of nitrogens with two attached hydrogens (primary N) is 1. The minimum atomic E-state index is -0.482. The summed E-state index contributed by atoms with van der Waals surface area (Å²) in [4.78, 5) is 4.16. The van der Waals surface area contributed by atoms with E-state index in [1.807, 2.05) is 26.0 Å². The summed E-state index contributed by atoms with van der Waals surface area (Å²) in [5.41, 5.74) is 7.39. The zero-order valence-electron chi connectivity index (χ0n) is 8.07. The van der Waals surface area contributed by atoms with Crippen molar-refractivity contribution in [1.82, 2.24) is 4.98 Å². The summed E-state index contributed by atoms with van der Waals surface area (Å²) in [6.07, 6.45) is 1.31. The van der Waals surface area contributed by atoms with Crippen LogP contribution in [0.5, 0.6) is 0 Å². The van der Waals surface area contributed by atoms with Gasteiger partial charge in [-0.2, -0.15) is 0 Å². The van der Waals surface area contributed by atoms with E-state index >= 15 is 0 Å². The van der Waals surface area contributed by atoms with E-state index in [1.54, 1.807) is 6.20 Å². The third-order valence-corrected chi connectivity index (χ3v) is 2.28. The molecule has 0 fully saturated rings. The molecule has 2 unspecified atom stereocenters. The van der Waals surface area contributed by atoms with Gasteiger partial charge >= 0.3 is 0 Å². The Balaban J connectivity index is 2.77. The zero-order valence-corrected chi connectivity index (χ0v) is 8.07. The molecule has 3 heteroatoms. The molecule has 1 rings (SSSR count). The van der Waals surface area contributed by atoms with Crippen LogP contribution in [0.15, 0.2) is 18.3 Å². The molecular weight excluding hydrogens is 164 g/mol. The van der Waals surface area contributed by atoms with Gasteiger partial charge in [-0.05, 0) is 18.6 Å². The number of hydrogen-bond donors (Lipinski definition) is 2. The Morgan fingerprint density at radius 3 is 2.69 bits per heavy atom. The minimum absolute atomic E-state index is 0.0538. The zero-order chi connectivity index (χ0) is 9.84. The number of aliphatic hydroxyl groups excluding tert-OH is 1. The normalized spacial score (nSPS) is 15.4. The van der Waals surface area contributed by atoms with Gasteiger partial charge in [0.05, 0.1) is 6.10 Å². The lowest BCUT2D eigenvalue weighted by molar-refractivity contribution is 0.157. The molecule has 0 aliphatic heterocycles. The molecule has 0 aliphatic rings. The topological polar surface area (TPSA) is 59.1 Å². The Labute approximate surface area is 78.6 Å². The molecule has 0 radical (unpaired) electrons. The van der Waals surface area contributed by atoms with Crippen molar-refractivity contribution in [3.05, 3.63) is 29.6 Å². The summed E-state index contributed by atoms with van der Waals surface area (Å²) in [6.45, 7) is 4.17. The van der Waals surface area contributed by atoms with Crippen LogP contribution in [0.25, 0.3) is 0 Å². The van der Waals surface area contributed by atoms with Gasteiger partial charge in [-0.25, -0.2) is 0 Å². The van der Waals surface area contributed by atoms with E-state index in [2.05, 4.69) is 4.98 Å². The number of hydrogen-bond acceptors (Lipinski definition) is 3. The Kier molecular flexibility index (Phi) is 3.39. The molecule has 1 aromatic heterocycles. The van der Waals surface area contributed by atoms with Crippen molar-refractivity contribution in [3.63, 3.8) is 0 Å². The van der Waals surface area contributed by atoms with Crippen LogP contribution in [0.3, 0.4) is 0 Å². The average molecular weight is 180 g/mol. The van der Waals surface area contributed by atoms with Crippen LogP contribution in [0, 0.1) is 6.92 Å². The highest BCUT2D eigenvalue weighted by Gasteiger charge is 2.14. The lowest BCUT2D eigenvalue weighted by Gasteiger charge is -2.16. The molecule has 2 atom stereocenters. The van der Waals surface area contributed by atoms with Gasteiger partial charge in [-0.3, -0.25) is 4.98 Å². The highest BCUT2D eigenvalue weighted by Crippen LogP contribution is 2.17. The van der Waals surface area contributed by atoms with E-state index in [0.29, 0.717) is 0 Å². The first-order valence-corrected chi connectivity index (χ1v) is 4.46. The molecule has 72 valence electrons. The molecule has 3 nitrogen and oxygen atoms in total. The first-order chi connectivity index (χ1) is 6.15. The molecule has 1 aromatic rings. The number of rotatable bonds is 3. The highest BCUT2D eigenvalue weighted by atomic mass is 16.3. The summed E-state index contributed by atoms with van der Waals surface area (Å²) in [5, 5.41) is 9.50. The van der Waals surface area contributed by atoms with E-state index in [9.17, 15) is 5.11 Å². The van der Waals surface area contributed by atoms with Crippen LogP contribution in [-0.2, 0) is 0 Å². The number of aromatic nitrogens is 1. The summed E-state index contributed by atoms with van der Waals surface area (Å²) in [6, 6.07) is 3.92. The van der Waals surface area contributed by atoms with E-state index in [1.165, 1.54) is 0 Å². The maximum atomic E-state index is 9.50. The molecule has 0 saturated carbocycles. The van der Waals surface area contributed by atoms with Crippen LogP contribution in [-0.4, -0.2) is 22.7 Å². The van der Waals surface area contributed by atoms with E-state index in [4.69, 9.17) is 5.73 Å². The maximum absolute atomic E-state index is 9.50. The summed E-state index contributed by atoms with van der Waals surface area (Å²) < 4.78 is 0. The van der Waals surface area contributed by atoms with Crippen molar-refractivity contribution >= 4 is 0 Å². The Hall–Kier alpha value is -0.930. The van der Waals surface area contributed by atoms with Crippen molar-refractivity contribution in [3.8, 4) is 0 Å². The van der Waals surface area contributed by atoms with Gasteiger partial charge in [0.15, 0.2) is 0 Å².